The molecule has 0 radical (unpaired) electrons. The highest BCUT2D eigenvalue weighted by molar-refractivity contribution is 5.66. The molecule has 1 N–H and O–H groups in total. The van der Waals surface area contributed by atoms with E-state index in [0.717, 1.165) is 12.8 Å². The van der Waals surface area contributed by atoms with Crippen molar-refractivity contribution in [2.45, 2.75) is 110 Å². The summed E-state index contributed by atoms with van der Waals surface area (Å²) < 4.78 is 0. The summed E-state index contributed by atoms with van der Waals surface area (Å²) in [6.07, 6.45) is 28.2. The molecule has 140 valence electrons. The Bertz CT molecular complexity index is 318. The lowest BCUT2D eigenvalue weighted by Gasteiger charge is -1.99. The molecule has 0 saturated carbocycles. The number of aliphatic carboxylic acids is 1. The Morgan fingerprint density at radius 2 is 1.00 bits per heavy atom. The van der Waals surface area contributed by atoms with Gasteiger partial charge >= 0.3 is 5.97 Å². The molecule has 0 aromatic rings. The number of unbranched alkanes of at least 4 members (excludes halogenated alkanes) is 12. The molecule has 0 unspecified atom stereocenters. The molecular weight excluding hydrogens is 296 g/mol. The van der Waals surface area contributed by atoms with Crippen LogP contribution in [0.4, 0.5) is 0 Å². The SMILES string of the molecule is CCCC/C=C\CCCCCC/C=C\CCCCCCCC(=O)O. The lowest BCUT2D eigenvalue weighted by molar-refractivity contribution is -0.137. The number of carbonyl (C=O) groups is 1. The van der Waals surface area contributed by atoms with E-state index in [4.69, 9.17) is 5.11 Å². The summed E-state index contributed by atoms with van der Waals surface area (Å²) in [6.45, 7) is 2.24. The molecule has 0 aliphatic carbocycles. The molecule has 0 atom stereocenters. The van der Waals surface area contributed by atoms with Crippen molar-refractivity contribution in [2.24, 2.45) is 0 Å². The Labute approximate surface area is 150 Å². The average molecular weight is 337 g/mol. The van der Waals surface area contributed by atoms with Crippen LogP contribution in [-0.4, -0.2) is 11.1 Å². The van der Waals surface area contributed by atoms with Crippen molar-refractivity contribution in [2.75, 3.05) is 0 Å². The zero-order valence-corrected chi connectivity index (χ0v) is 16.0. The van der Waals surface area contributed by atoms with Gasteiger partial charge in [-0.15, -0.1) is 0 Å². The van der Waals surface area contributed by atoms with E-state index in [9.17, 15) is 4.79 Å². The second-order valence-electron chi connectivity index (χ2n) is 6.78. The summed E-state index contributed by atoms with van der Waals surface area (Å²) in [6, 6.07) is 0. The topological polar surface area (TPSA) is 37.3 Å². The van der Waals surface area contributed by atoms with E-state index in [1.54, 1.807) is 0 Å². The minimum absolute atomic E-state index is 0.328. The molecule has 0 rings (SSSR count). The molecule has 0 spiro atoms. The van der Waals surface area contributed by atoms with Crippen molar-refractivity contribution >= 4 is 5.97 Å². The van der Waals surface area contributed by atoms with Gasteiger partial charge in [-0.3, -0.25) is 4.79 Å². The number of carboxylic acids is 1. The highest BCUT2D eigenvalue weighted by atomic mass is 16.4. The van der Waals surface area contributed by atoms with Gasteiger partial charge in [-0.1, -0.05) is 76.2 Å². The van der Waals surface area contributed by atoms with E-state index in [0.29, 0.717) is 6.42 Å². The Morgan fingerprint density at radius 1 is 0.625 bits per heavy atom. The van der Waals surface area contributed by atoms with Crippen molar-refractivity contribution in [1.82, 2.24) is 0 Å². The number of allylic oxidation sites excluding steroid dienone is 4. The molecule has 0 heterocycles. The van der Waals surface area contributed by atoms with Crippen LogP contribution in [0.2, 0.25) is 0 Å². The summed E-state index contributed by atoms with van der Waals surface area (Å²) in [5.74, 6) is -0.665. The Hall–Kier alpha value is -1.05. The number of hydrogen-bond acceptors (Lipinski definition) is 1. The first-order chi connectivity index (χ1) is 11.8. The molecule has 0 amide bonds. The van der Waals surface area contributed by atoms with Crippen LogP contribution in [0.5, 0.6) is 0 Å². The maximum atomic E-state index is 10.4. The van der Waals surface area contributed by atoms with Gasteiger partial charge in [-0.2, -0.15) is 0 Å². The van der Waals surface area contributed by atoms with Gasteiger partial charge in [-0.05, 0) is 51.4 Å². The van der Waals surface area contributed by atoms with Gasteiger partial charge in [0, 0.05) is 6.42 Å². The first-order valence-corrected chi connectivity index (χ1v) is 10.3. The fourth-order valence-corrected chi connectivity index (χ4v) is 2.74. The van der Waals surface area contributed by atoms with Crippen LogP contribution in [-0.2, 0) is 4.79 Å². The average Bonchev–Trinajstić information content (AvgIpc) is 2.56. The van der Waals surface area contributed by atoms with Crippen LogP contribution in [0.25, 0.3) is 0 Å². The van der Waals surface area contributed by atoms with E-state index >= 15 is 0 Å². The van der Waals surface area contributed by atoms with Crippen LogP contribution in [0, 0.1) is 0 Å². The maximum Gasteiger partial charge on any atom is 0.303 e. The molecule has 2 heteroatoms. The Kier molecular flexibility index (Phi) is 19.1. The third kappa shape index (κ3) is 20.9. The molecule has 24 heavy (non-hydrogen) atoms. The fourth-order valence-electron chi connectivity index (χ4n) is 2.74. The number of hydrogen-bond donors (Lipinski definition) is 1. The minimum atomic E-state index is -0.665. The molecule has 0 bridgehead atoms. The van der Waals surface area contributed by atoms with Gasteiger partial charge in [0.25, 0.3) is 0 Å². The van der Waals surface area contributed by atoms with E-state index in [1.165, 1.54) is 83.5 Å². The Balaban J connectivity index is 3.13. The van der Waals surface area contributed by atoms with E-state index in [-0.39, 0.29) is 0 Å². The lowest BCUT2D eigenvalue weighted by Crippen LogP contribution is -1.93. The van der Waals surface area contributed by atoms with Crippen molar-refractivity contribution in [3.63, 3.8) is 0 Å². The molecular formula is C22H40O2. The highest BCUT2D eigenvalue weighted by Gasteiger charge is 1.95. The van der Waals surface area contributed by atoms with Gasteiger partial charge in [0.15, 0.2) is 0 Å². The van der Waals surface area contributed by atoms with E-state index < -0.39 is 5.97 Å². The molecule has 0 aliphatic rings. The second kappa shape index (κ2) is 20.0. The normalized spacial score (nSPS) is 11.7. The first-order valence-electron chi connectivity index (χ1n) is 10.3. The Morgan fingerprint density at radius 3 is 1.42 bits per heavy atom. The molecule has 0 aromatic carbocycles. The monoisotopic (exact) mass is 336 g/mol. The zero-order valence-electron chi connectivity index (χ0n) is 16.0. The highest BCUT2D eigenvalue weighted by Crippen LogP contribution is 2.09. The van der Waals surface area contributed by atoms with Crippen LogP contribution in [0.3, 0.4) is 0 Å². The summed E-state index contributed by atoms with van der Waals surface area (Å²) in [7, 11) is 0. The van der Waals surface area contributed by atoms with Crippen molar-refractivity contribution in [1.29, 1.82) is 0 Å². The zero-order chi connectivity index (χ0) is 17.7. The lowest BCUT2D eigenvalue weighted by atomic mass is 10.1. The smallest absolute Gasteiger partial charge is 0.303 e. The van der Waals surface area contributed by atoms with Crippen LogP contribution >= 0.6 is 0 Å². The van der Waals surface area contributed by atoms with Crippen LogP contribution in [0.1, 0.15) is 110 Å². The van der Waals surface area contributed by atoms with Gasteiger partial charge in [-0.25, -0.2) is 0 Å². The maximum absolute atomic E-state index is 10.4. The van der Waals surface area contributed by atoms with Gasteiger partial charge in [0.1, 0.15) is 0 Å². The van der Waals surface area contributed by atoms with Gasteiger partial charge < -0.3 is 5.11 Å². The molecule has 0 fully saturated rings. The van der Waals surface area contributed by atoms with E-state index in [2.05, 4.69) is 31.2 Å². The second-order valence-corrected chi connectivity index (χ2v) is 6.78. The third-order valence-electron chi connectivity index (χ3n) is 4.31. The molecule has 0 saturated heterocycles. The van der Waals surface area contributed by atoms with Crippen molar-refractivity contribution < 1.29 is 9.90 Å². The quantitative estimate of drug-likeness (QED) is 0.208. The minimum Gasteiger partial charge on any atom is -0.481 e. The van der Waals surface area contributed by atoms with Crippen molar-refractivity contribution in [3.05, 3.63) is 24.3 Å². The predicted molar refractivity (Wildman–Crippen MR) is 105 cm³/mol. The fraction of sp³-hybridized carbons (Fsp3) is 0.773. The summed E-state index contributed by atoms with van der Waals surface area (Å²) >= 11 is 0. The predicted octanol–water partition coefficient (Wildman–Crippen LogP) is 7.44. The van der Waals surface area contributed by atoms with Crippen molar-refractivity contribution in [3.8, 4) is 0 Å². The van der Waals surface area contributed by atoms with Gasteiger partial charge in [0.05, 0.1) is 0 Å². The number of carboxylic acid groups (broad SMARTS) is 1. The number of rotatable bonds is 18. The largest absolute Gasteiger partial charge is 0.481 e. The van der Waals surface area contributed by atoms with Gasteiger partial charge in [0.2, 0.25) is 0 Å². The third-order valence-corrected chi connectivity index (χ3v) is 4.31. The summed E-state index contributed by atoms with van der Waals surface area (Å²) in [5, 5.41) is 8.54. The summed E-state index contributed by atoms with van der Waals surface area (Å²) in [5.41, 5.74) is 0. The van der Waals surface area contributed by atoms with E-state index in [1.807, 2.05) is 0 Å². The first kappa shape index (κ1) is 22.9. The summed E-state index contributed by atoms with van der Waals surface area (Å²) in [4.78, 5) is 10.4. The molecule has 2 nitrogen and oxygen atoms in total. The molecule has 0 aromatic heterocycles. The molecule has 0 aliphatic heterocycles. The van der Waals surface area contributed by atoms with Crippen LogP contribution < -0.4 is 0 Å². The standard InChI is InChI=1S/C22H40O2/c1-2-3-4-5-6-7-8-9-10-11-12-13-14-15-16-17-18-19-20-21-22(23)24/h5-6,13-14H,2-4,7-12,15-21H2,1H3,(H,23,24)/b6-5-,14-13-. The van der Waals surface area contributed by atoms with Crippen LogP contribution in [0.15, 0.2) is 24.3 Å².